The summed E-state index contributed by atoms with van der Waals surface area (Å²) in [6.07, 6.45) is 4.16. The molecule has 1 unspecified atom stereocenters. The van der Waals surface area contributed by atoms with Crippen LogP contribution in [-0.4, -0.2) is 39.5 Å². The monoisotopic (exact) mass is 376 g/mol. The summed E-state index contributed by atoms with van der Waals surface area (Å²) in [4.78, 5) is 29.5. The molecule has 6 nitrogen and oxygen atoms in total. The maximum atomic E-state index is 12.5. The predicted molar refractivity (Wildman–Crippen MR) is 96.8 cm³/mol. The highest BCUT2D eigenvalue weighted by molar-refractivity contribution is 6.30. The van der Waals surface area contributed by atoms with Gasteiger partial charge in [-0.1, -0.05) is 18.5 Å². The van der Waals surface area contributed by atoms with E-state index < -0.39 is 11.9 Å². The van der Waals surface area contributed by atoms with Crippen LogP contribution in [0.25, 0.3) is 11.3 Å². The Labute approximate surface area is 156 Å². The van der Waals surface area contributed by atoms with Crippen molar-refractivity contribution in [3.8, 4) is 11.3 Å². The fraction of sp³-hybridized carbons (Fsp3) is 0.421. The fourth-order valence-corrected chi connectivity index (χ4v) is 2.87. The number of rotatable bonds is 8. The number of benzene rings is 1. The van der Waals surface area contributed by atoms with Crippen molar-refractivity contribution in [3.63, 3.8) is 0 Å². The van der Waals surface area contributed by atoms with Crippen LogP contribution in [0.5, 0.6) is 0 Å². The number of nitrogens with zero attached hydrogens (tertiary/aromatic N) is 2. The summed E-state index contributed by atoms with van der Waals surface area (Å²) < 4.78 is 5.72. The lowest BCUT2D eigenvalue weighted by Gasteiger charge is -2.24. The number of hydrogen-bond donors (Lipinski definition) is 1. The number of aliphatic carboxylic acids is 1. The summed E-state index contributed by atoms with van der Waals surface area (Å²) >= 11 is 5.88. The molecule has 0 aliphatic heterocycles. The number of carbonyl (C=O) groups is 2. The summed E-state index contributed by atoms with van der Waals surface area (Å²) in [6.45, 7) is 1.87. The zero-order chi connectivity index (χ0) is 18.7. The summed E-state index contributed by atoms with van der Waals surface area (Å²) in [6, 6.07) is 7.43. The van der Waals surface area contributed by atoms with Gasteiger partial charge in [0.25, 0.3) is 0 Å². The quantitative estimate of drug-likeness (QED) is 0.760. The lowest BCUT2D eigenvalue weighted by molar-refractivity contribution is -0.143. The lowest BCUT2D eigenvalue weighted by Crippen LogP contribution is -2.38. The smallest absolute Gasteiger partial charge is 0.308 e. The number of oxazole rings is 1. The molecule has 3 rings (SSSR count). The number of carboxylic acid groups (broad SMARTS) is 1. The molecular weight excluding hydrogens is 356 g/mol. The van der Waals surface area contributed by atoms with E-state index in [1.54, 1.807) is 30.2 Å². The van der Waals surface area contributed by atoms with Gasteiger partial charge in [-0.25, -0.2) is 4.98 Å². The maximum Gasteiger partial charge on any atom is 0.308 e. The highest BCUT2D eigenvalue weighted by Gasteiger charge is 2.34. The maximum absolute atomic E-state index is 12.5. The van der Waals surface area contributed by atoms with E-state index in [0.29, 0.717) is 23.1 Å². The topological polar surface area (TPSA) is 83.6 Å². The van der Waals surface area contributed by atoms with Crippen LogP contribution in [0.2, 0.25) is 5.02 Å². The summed E-state index contributed by atoms with van der Waals surface area (Å²) in [5.74, 6) is -0.388. The van der Waals surface area contributed by atoms with E-state index >= 15 is 0 Å². The van der Waals surface area contributed by atoms with Gasteiger partial charge in [-0.05, 0) is 37.1 Å². The minimum atomic E-state index is -0.885. The highest BCUT2D eigenvalue weighted by Crippen LogP contribution is 2.29. The van der Waals surface area contributed by atoms with Crippen molar-refractivity contribution in [2.45, 2.75) is 38.6 Å². The molecule has 1 aliphatic rings. The molecule has 0 saturated heterocycles. The van der Waals surface area contributed by atoms with Crippen LogP contribution < -0.4 is 0 Å². The van der Waals surface area contributed by atoms with E-state index in [1.165, 1.54) is 0 Å². The third-order valence-corrected chi connectivity index (χ3v) is 4.69. The van der Waals surface area contributed by atoms with Gasteiger partial charge >= 0.3 is 5.97 Å². The van der Waals surface area contributed by atoms with Crippen LogP contribution in [0.3, 0.4) is 0 Å². The van der Waals surface area contributed by atoms with Crippen LogP contribution in [0.4, 0.5) is 0 Å². The van der Waals surface area contributed by atoms with Crippen molar-refractivity contribution in [1.82, 2.24) is 9.88 Å². The standard InChI is InChI=1S/C19H21ClN2O4/c1-12(19(24)25)11-22(15-6-7-15)18(23)9-8-17-21-10-16(26-17)13-2-4-14(20)5-3-13/h2-5,10,12,15H,6-9,11H2,1H3,(H,24,25). The molecule has 0 spiro atoms. The average Bonchev–Trinajstić information content (AvgIpc) is 3.35. The van der Waals surface area contributed by atoms with Crippen molar-refractivity contribution in [2.24, 2.45) is 5.92 Å². The second-order valence-corrected chi connectivity index (χ2v) is 7.08. The Balaban J connectivity index is 1.58. The number of halogens is 1. The average molecular weight is 377 g/mol. The van der Waals surface area contributed by atoms with E-state index in [9.17, 15) is 9.59 Å². The van der Waals surface area contributed by atoms with Crippen molar-refractivity contribution in [1.29, 1.82) is 0 Å². The number of carboxylic acids is 1. The van der Waals surface area contributed by atoms with Gasteiger partial charge in [-0.2, -0.15) is 0 Å². The molecule has 1 N–H and O–H groups in total. The molecule has 1 fully saturated rings. The van der Waals surface area contributed by atoms with Crippen molar-refractivity contribution < 1.29 is 19.1 Å². The molecule has 7 heteroatoms. The van der Waals surface area contributed by atoms with Gasteiger partial charge in [0.05, 0.1) is 12.1 Å². The number of carbonyl (C=O) groups excluding carboxylic acids is 1. The molecule has 0 bridgehead atoms. The van der Waals surface area contributed by atoms with E-state index in [4.69, 9.17) is 21.1 Å². The zero-order valence-electron chi connectivity index (χ0n) is 14.5. The summed E-state index contributed by atoms with van der Waals surface area (Å²) in [5, 5.41) is 9.73. The number of hydrogen-bond acceptors (Lipinski definition) is 4. The van der Waals surface area contributed by atoms with Crippen LogP contribution in [-0.2, 0) is 16.0 Å². The molecule has 1 heterocycles. The molecule has 26 heavy (non-hydrogen) atoms. The van der Waals surface area contributed by atoms with Gasteiger partial charge in [-0.3, -0.25) is 9.59 Å². The van der Waals surface area contributed by atoms with E-state index in [2.05, 4.69) is 4.98 Å². The lowest BCUT2D eigenvalue weighted by atomic mass is 10.1. The Hall–Kier alpha value is -2.34. The van der Waals surface area contributed by atoms with Gasteiger partial charge in [0, 0.05) is 36.0 Å². The second kappa shape index (κ2) is 7.91. The van der Waals surface area contributed by atoms with Crippen LogP contribution in [0.15, 0.2) is 34.9 Å². The summed E-state index contributed by atoms with van der Waals surface area (Å²) in [7, 11) is 0. The zero-order valence-corrected chi connectivity index (χ0v) is 15.3. The van der Waals surface area contributed by atoms with E-state index in [1.807, 2.05) is 12.1 Å². The van der Waals surface area contributed by atoms with Gasteiger partial charge < -0.3 is 14.4 Å². The first-order valence-electron chi connectivity index (χ1n) is 8.67. The van der Waals surface area contributed by atoms with Gasteiger partial charge in [0.2, 0.25) is 5.91 Å². The largest absolute Gasteiger partial charge is 0.481 e. The third-order valence-electron chi connectivity index (χ3n) is 4.44. The Kier molecular flexibility index (Phi) is 5.61. The Bertz CT molecular complexity index is 783. The number of aromatic nitrogens is 1. The number of aryl methyl sites for hydroxylation is 1. The molecule has 1 aliphatic carbocycles. The van der Waals surface area contributed by atoms with Gasteiger partial charge in [0.1, 0.15) is 0 Å². The van der Waals surface area contributed by atoms with Gasteiger partial charge in [-0.15, -0.1) is 0 Å². The Morgan fingerprint density at radius 1 is 1.35 bits per heavy atom. The van der Waals surface area contributed by atoms with Crippen molar-refractivity contribution >= 4 is 23.5 Å². The predicted octanol–water partition coefficient (Wildman–Crippen LogP) is 3.64. The first-order chi connectivity index (χ1) is 12.4. The molecule has 1 aromatic heterocycles. The second-order valence-electron chi connectivity index (χ2n) is 6.64. The molecule has 0 radical (unpaired) electrons. The first-order valence-corrected chi connectivity index (χ1v) is 9.04. The van der Waals surface area contributed by atoms with E-state index in [-0.39, 0.29) is 24.9 Å². The molecule has 1 saturated carbocycles. The minimum absolute atomic E-state index is 0.0492. The van der Waals surface area contributed by atoms with E-state index in [0.717, 1.165) is 18.4 Å². The van der Waals surface area contributed by atoms with Crippen LogP contribution in [0, 0.1) is 5.92 Å². The van der Waals surface area contributed by atoms with Crippen molar-refractivity contribution in [2.75, 3.05) is 6.54 Å². The minimum Gasteiger partial charge on any atom is -0.481 e. The van der Waals surface area contributed by atoms with Gasteiger partial charge in [0.15, 0.2) is 11.7 Å². The van der Waals surface area contributed by atoms with Crippen LogP contribution in [0.1, 0.15) is 32.1 Å². The number of amides is 1. The fourth-order valence-electron chi connectivity index (χ4n) is 2.74. The molecule has 1 amide bonds. The molecule has 1 aromatic carbocycles. The molecule has 1 atom stereocenters. The first kappa shape index (κ1) is 18.5. The molecule has 138 valence electrons. The highest BCUT2D eigenvalue weighted by atomic mass is 35.5. The molecular formula is C19H21ClN2O4. The Morgan fingerprint density at radius 3 is 2.65 bits per heavy atom. The normalized spacial score (nSPS) is 14.8. The molecule has 2 aromatic rings. The van der Waals surface area contributed by atoms with Crippen molar-refractivity contribution in [3.05, 3.63) is 41.4 Å². The van der Waals surface area contributed by atoms with Crippen LogP contribution >= 0.6 is 11.6 Å². The Morgan fingerprint density at radius 2 is 2.04 bits per heavy atom. The third kappa shape index (κ3) is 4.64. The summed E-state index contributed by atoms with van der Waals surface area (Å²) in [5.41, 5.74) is 0.870. The SMILES string of the molecule is CC(CN(C(=O)CCc1ncc(-c2ccc(Cl)cc2)o1)C1CC1)C(=O)O.